The summed E-state index contributed by atoms with van der Waals surface area (Å²) in [5, 5.41) is 18.9. The highest BCUT2D eigenvalue weighted by Gasteiger charge is 2.09. The summed E-state index contributed by atoms with van der Waals surface area (Å²) in [6, 6.07) is 13.1. The normalized spacial score (nSPS) is 10.8. The standard InChI is InChI=1S/C16H11FN6O2/c17-12-6-4-11(5-7-12)16-20-19-15(25-16)9-24-14-3-1-2-13(8-14)23-10-18-21-22-23/h1-8,10H,9H2. The molecule has 0 aliphatic heterocycles. The van der Waals surface area contributed by atoms with Crippen molar-refractivity contribution in [3.8, 4) is 22.9 Å². The van der Waals surface area contributed by atoms with E-state index in [9.17, 15) is 4.39 Å². The zero-order chi connectivity index (χ0) is 17.1. The van der Waals surface area contributed by atoms with Crippen LogP contribution in [0.3, 0.4) is 0 Å². The van der Waals surface area contributed by atoms with Gasteiger partial charge in [-0.05, 0) is 46.8 Å². The number of nitrogens with zero attached hydrogens (tertiary/aromatic N) is 6. The van der Waals surface area contributed by atoms with E-state index in [1.807, 2.05) is 12.1 Å². The molecule has 2 heterocycles. The molecule has 25 heavy (non-hydrogen) atoms. The highest BCUT2D eigenvalue weighted by Crippen LogP contribution is 2.20. The Hall–Kier alpha value is -3.62. The van der Waals surface area contributed by atoms with E-state index in [0.717, 1.165) is 5.69 Å². The zero-order valence-electron chi connectivity index (χ0n) is 12.8. The molecule has 9 heteroatoms. The zero-order valence-corrected chi connectivity index (χ0v) is 12.8. The van der Waals surface area contributed by atoms with Gasteiger partial charge in [-0.3, -0.25) is 0 Å². The molecule has 0 aliphatic carbocycles. The molecular formula is C16H11FN6O2. The predicted octanol–water partition coefficient (Wildman–Crippen LogP) is 2.43. The van der Waals surface area contributed by atoms with Gasteiger partial charge in [-0.1, -0.05) is 6.07 Å². The van der Waals surface area contributed by atoms with E-state index in [1.165, 1.54) is 23.1 Å². The number of halogens is 1. The highest BCUT2D eigenvalue weighted by atomic mass is 19.1. The first-order chi connectivity index (χ1) is 12.3. The number of tetrazole rings is 1. The molecule has 0 saturated heterocycles. The Labute approximate surface area is 140 Å². The molecule has 0 unspecified atom stereocenters. The SMILES string of the molecule is Fc1ccc(-c2nnc(COc3cccc(-n4cnnn4)c3)o2)cc1. The molecule has 0 bridgehead atoms. The van der Waals surface area contributed by atoms with E-state index < -0.39 is 0 Å². The number of ether oxygens (including phenoxy) is 1. The van der Waals surface area contributed by atoms with E-state index in [-0.39, 0.29) is 12.4 Å². The van der Waals surface area contributed by atoms with E-state index >= 15 is 0 Å². The van der Waals surface area contributed by atoms with Gasteiger partial charge in [0.15, 0.2) is 6.61 Å². The topological polar surface area (TPSA) is 91.8 Å². The minimum absolute atomic E-state index is 0.104. The first-order valence-corrected chi connectivity index (χ1v) is 7.32. The molecule has 4 aromatic rings. The summed E-state index contributed by atoms with van der Waals surface area (Å²) >= 11 is 0. The lowest BCUT2D eigenvalue weighted by atomic mass is 10.2. The Balaban J connectivity index is 1.45. The molecule has 0 saturated carbocycles. The second-order valence-electron chi connectivity index (χ2n) is 5.05. The Bertz CT molecular complexity index is 968. The Morgan fingerprint density at radius 2 is 1.96 bits per heavy atom. The lowest BCUT2D eigenvalue weighted by Crippen LogP contribution is -1.98. The van der Waals surface area contributed by atoms with Crippen LogP contribution in [0.5, 0.6) is 5.75 Å². The van der Waals surface area contributed by atoms with E-state index in [0.29, 0.717) is 23.1 Å². The van der Waals surface area contributed by atoms with Crippen molar-refractivity contribution in [2.75, 3.05) is 0 Å². The van der Waals surface area contributed by atoms with Crippen LogP contribution in [0.25, 0.3) is 17.1 Å². The minimum Gasteiger partial charge on any atom is -0.484 e. The molecule has 0 aliphatic rings. The lowest BCUT2D eigenvalue weighted by Gasteiger charge is -2.05. The van der Waals surface area contributed by atoms with Crippen LogP contribution in [0.4, 0.5) is 4.39 Å². The molecule has 2 aromatic carbocycles. The summed E-state index contributed by atoms with van der Waals surface area (Å²) in [4.78, 5) is 0. The third-order valence-corrected chi connectivity index (χ3v) is 3.35. The summed E-state index contributed by atoms with van der Waals surface area (Å²) in [7, 11) is 0. The van der Waals surface area contributed by atoms with Crippen LogP contribution in [0, 0.1) is 5.82 Å². The summed E-state index contributed by atoms with van der Waals surface area (Å²) in [5.74, 6) is 0.900. The molecule has 0 fully saturated rings. The Morgan fingerprint density at radius 1 is 1.08 bits per heavy atom. The lowest BCUT2D eigenvalue weighted by molar-refractivity contribution is 0.264. The molecular weight excluding hydrogens is 327 g/mol. The van der Waals surface area contributed by atoms with Crippen LogP contribution in [-0.2, 0) is 6.61 Å². The smallest absolute Gasteiger partial charge is 0.254 e. The van der Waals surface area contributed by atoms with Crippen molar-refractivity contribution >= 4 is 0 Å². The average Bonchev–Trinajstić information content (AvgIpc) is 3.33. The molecule has 0 N–H and O–H groups in total. The number of rotatable bonds is 5. The van der Waals surface area contributed by atoms with Gasteiger partial charge in [0.1, 0.15) is 17.9 Å². The van der Waals surface area contributed by atoms with Gasteiger partial charge in [-0.15, -0.1) is 15.3 Å². The Kier molecular flexibility index (Phi) is 3.87. The van der Waals surface area contributed by atoms with Crippen LogP contribution in [-0.4, -0.2) is 30.4 Å². The first kappa shape index (κ1) is 14.9. The molecule has 124 valence electrons. The van der Waals surface area contributed by atoms with Gasteiger partial charge in [0.05, 0.1) is 5.69 Å². The molecule has 0 atom stereocenters. The maximum atomic E-state index is 12.9. The third-order valence-electron chi connectivity index (χ3n) is 3.35. The van der Waals surface area contributed by atoms with Crippen LogP contribution >= 0.6 is 0 Å². The van der Waals surface area contributed by atoms with Crippen molar-refractivity contribution in [3.05, 3.63) is 66.6 Å². The minimum atomic E-state index is -0.325. The van der Waals surface area contributed by atoms with Gasteiger partial charge in [0.2, 0.25) is 5.89 Å². The first-order valence-electron chi connectivity index (χ1n) is 7.32. The van der Waals surface area contributed by atoms with Gasteiger partial charge in [-0.2, -0.15) is 0 Å². The fraction of sp³-hybridized carbons (Fsp3) is 0.0625. The molecule has 2 aromatic heterocycles. The predicted molar refractivity (Wildman–Crippen MR) is 83.2 cm³/mol. The molecule has 8 nitrogen and oxygen atoms in total. The maximum absolute atomic E-state index is 12.9. The highest BCUT2D eigenvalue weighted by molar-refractivity contribution is 5.51. The van der Waals surface area contributed by atoms with Crippen LogP contribution in [0.1, 0.15) is 5.89 Å². The van der Waals surface area contributed by atoms with Gasteiger partial charge in [-0.25, -0.2) is 9.07 Å². The molecule has 0 radical (unpaired) electrons. The van der Waals surface area contributed by atoms with E-state index in [1.54, 1.807) is 24.3 Å². The fourth-order valence-corrected chi connectivity index (χ4v) is 2.16. The van der Waals surface area contributed by atoms with Gasteiger partial charge >= 0.3 is 0 Å². The van der Waals surface area contributed by atoms with E-state index in [4.69, 9.17) is 9.15 Å². The fourth-order valence-electron chi connectivity index (χ4n) is 2.16. The van der Waals surface area contributed by atoms with Crippen molar-refractivity contribution in [2.24, 2.45) is 0 Å². The summed E-state index contributed by atoms with van der Waals surface area (Å²) in [6.07, 6.45) is 1.49. The molecule has 0 amide bonds. The second kappa shape index (κ2) is 6.48. The molecule has 4 rings (SSSR count). The number of hydrogen-bond donors (Lipinski definition) is 0. The third kappa shape index (κ3) is 3.34. The van der Waals surface area contributed by atoms with Crippen molar-refractivity contribution in [1.82, 2.24) is 30.4 Å². The number of aromatic nitrogens is 6. The van der Waals surface area contributed by atoms with Crippen LogP contribution < -0.4 is 4.74 Å². The average molecular weight is 338 g/mol. The maximum Gasteiger partial charge on any atom is 0.254 e. The number of benzene rings is 2. The van der Waals surface area contributed by atoms with Crippen LogP contribution in [0.15, 0.2) is 59.3 Å². The Morgan fingerprint density at radius 3 is 2.76 bits per heavy atom. The van der Waals surface area contributed by atoms with E-state index in [2.05, 4.69) is 25.7 Å². The van der Waals surface area contributed by atoms with Gasteiger partial charge in [0.25, 0.3) is 5.89 Å². The quantitative estimate of drug-likeness (QED) is 0.552. The largest absolute Gasteiger partial charge is 0.484 e. The van der Waals surface area contributed by atoms with Crippen molar-refractivity contribution in [2.45, 2.75) is 6.61 Å². The van der Waals surface area contributed by atoms with Crippen molar-refractivity contribution in [3.63, 3.8) is 0 Å². The van der Waals surface area contributed by atoms with Gasteiger partial charge in [0, 0.05) is 11.6 Å². The summed E-state index contributed by atoms with van der Waals surface area (Å²) in [6.45, 7) is 0.104. The summed E-state index contributed by atoms with van der Waals surface area (Å²) < 4.78 is 25.7. The number of hydrogen-bond acceptors (Lipinski definition) is 7. The molecule has 0 spiro atoms. The van der Waals surface area contributed by atoms with Crippen molar-refractivity contribution < 1.29 is 13.5 Å². The second-order valence-corrected chi connectivity index (χ2v) is 5.05. The van der Waals surface area contributed by atoms with Gasteiger partial charge < -0.3 is 9.15 Å². The monoisotopic (exact) mass is 338 g/mol. The van der Waals surface area contributed by atoms with Crippen LogP contribution in [0.2, 0.25) is 0 Å². The van der Waals surface area contributed by atoms with Crippen molar-refractivity contribution in [1.29, 1.82) is 0 Å². The summed E-state index contributed by atoms with van der Waals surface area (Å²) in [5.41, 5.74) is 1.40.